The van der Waals surface area contributed by atoms with Crippen molar-refractivity contribution in [1.29, 1.82) is 0 Å². The van der Waals surface area contributed by atoms with Crippen LogP contribution in [0.5, 0.6) is 0 Å². The first-order valence-electron chi connectivity index (χ1n) is 9.21. The highest BCUT2D eigenvalue weighted by Crippen LogP contribution is 2.39. The topological polar surface area (TPSA) is 77.1 Å². The maximum Gasteiger partial charge on any atom is 0.231 e. The zero-order valence-electron chi connectivity index (χ0n) is 14.8. The number of carbonyl (C=O) groups is 1. The summed E-state index contributed by atoms with van der Waals surface area (Å²) in [4.78, 5) is 19.2. The first kappa shape index (κ1) is 15.5. The summed E-state index contributed by atoms with van der Waals surface area (Å²) in [6.07, 6.45) is 3.52. The molecule has 3 heterocycles. The Bertz CT molecular complexity index is 971. The van der Waals surface area contributed by atoms with Crippen molar-refractivity contribution in [3.8, 4) is 0 Å². The molecule has 1 aromatic carbocycles. The smallest absolute Gasteiger partial charge is 0.231 e. The minimum Gasteiger partial charge on any atom is -0.342 e. The Balaban J connectivity index is 1.28. The van der Waals surface area contributed by atoms with Gasteiger partial charge in [0, 0.05) is 31.4 Å². The number of benzene rings is 1. The average molecular weight is 351 g/mol. The Morgan fingerprint density at radius 1 is 1.23 bits per heavy atom. The number of para-hydroxylation sites is 1. The molecular formula is C19H21N5O2. The highest BCUT2D eigenvalue weighted by atomic mass is 16.5. The molecule has 2 aromatic heterocycles. The molecular weight excluding hydrogens is 330 g/mol. The molecule has 3 aromatic rings. The molecule has 2 aliphatic rings. The van der Waals surface area contributed by atoms with Crippen LogP contribution in [0.25, 0.3) is 10.9 Å². The number of hydrogen-bond donors (Lipinski definition) is 0. The largest absolute Gasteiger partial charge is 0.342 e. The van der Waals surface area contributed by atoms with Crippen LogP contribution in [0.4, 0.5) is 0 Å². The molecule has 1 atom stereocenters. The second-order valence-corrected chi connectivity index (χ2v) is 7.35. The van der Waals surface area contributed by atoms with Crippen molar-refractivity contribution in [2.45, 2.75) is 37.5 Å². The fraction of sp³-hybridized carbons (Fsp3) is 0.474. The zero-order valence-corrected chi connectivity index (χ0v) is 14.8. The summed E-state index contributed by atoms with van der Waals surface area (Å²) in [6.45, 7) is 1.38. The first-order valence-corrected chi connectivity index (χ1v) is 9.21. The van der Waals surface area contributed by atoms with E-state index in [1.807, 2.05) is 40.9 Å². The normalized spacial score (nSPS) is 20.2. The summed E-state index contributed by atoms with van der Waals surface area (Å²) in [5.74, 6) is 2.28. The highest BCUT2D eigenvalue weighted by molar-refractivity contribution is 5.87. The molecule has 1 saturated carbocycles. The van der Waals surface area contributed by atoms with E-state index in [9.17, 15) is 4.79 Å². The molecule has 0 spiro atoms. The summed E-state index contributed by atoms with van der Waals surface area (Å²) in [6, 6.07) is 8.02. The number of nitrogens with zero attached hydrogens (tertiary/aromatic N) is 5. The van der Waals surface area contributed by atoms with Crippen molar-refractivity contribution in [3.63, 3.8) is 0 Å². The monoisotopic (exact) mass is 351 g/mol. The molecule has 5 rings (SSSR count). The number of hydrogen-bond acceptors (Lipinski definition) is 5. The Morgan fingerprint density at radius 3 is 2.92 bits per heavy atom. The van der Waals surface area contributed by atoms with Crippen molar-refractivity contribution < 1.29 is 9.32 Å². The molecule has 0 N–H and O–H groups in total. The van der Waals surface area contributed by atoms with Crippen LogP contribution in [0.1, 0.15) is 48.5 Å². The third-order valence-corrected chi connectivity index (χ3v) is 5.44. The van der Waals surface area contributed by atoms with E-state index in [1.165, 1.54) is 0 Å². The van der Waals surface area contributed by atoms with Crippen LogP contribution in [0.2, 0.25) is 0 Å². The van der Waals surface area contributed by atoms with Crippen LogP contribution >= 0.6 is 0 Å². The lowest BCUT2D eigenvalue weighted by atomic mass is 10.1. The predicted molar refractivity (Wildman–Crippen MR) is 94.6 cm³/mol. The van der Waals surface area contributed by atoms with E-state index in [0.717, 1.165) is 48.2 Å². The molecule has 1 aliphatic carbocycles. The van der Waals surface area contributed by atoms with Gasteiger partial charge in [0.05, 0.1) is 23.5 Å². The molecule has 26 heavy (non-hydrogen) atoms. The SMILES string of the molecule is Cn1nc(CC(=O)N2CCC(c3nc(C4CC4)no3)C2)c2ccccc21. The van der Waals surface area contributed by atoms with Crippen molar-refractivity contribution in [2.24, 2.45) is 7.05 Å². The molecule has 1 unspecified atom stereocenters. The van der Waals surface area contributed by atoms with Crippen molar-refractivity contribution in [3.05, 3.63) is 41.7 Å². The lowest BCUT2D eigenvalue weighted by molar-refractivity contribution is -0.129. The Morgan fingerprint density at radius 2 is 2.08 bits per heavy atom. The van der Waals surface area contributed by atoms with Gasteiger partial charge in [0.15, 0.2) is 5.82 Å². The van der Waals surface area contributed by atoms with Gasteiger partial charge in [-0.3, -0.25) is 9.48 Å². The van der Waals surface area contributed by atoms with Gasteiger partial charge in [-0.15, -0.1) is 0 Å². The van der Waals surface area contributed by atoms with E-state index in [2.05, 4.69) is 15.2 Å². The second-order valence-electron chi connectivity index (χ2n) is 7.35. The number of likely N-dealkylation sites (tertiary alicyclic amines) is 1. The number of rotatable bonds is 4. The third-order valence-electron chi connectivity index (χ3n) is 5.44. The summed E-state index contributed by atoms with van der Waals surface area (Å²) < 4.78 is 7.28. The average Bonchev–Trinajstić information content (AvgIpc) is 3.08. The van der Waals surface area contributed by atoms with E-state index in [-0.39, 0.29) is 11.8 Å². The number of aromatic nitrogens is 4. The van der Waals surface area contributed by atoms with Gasteiger partial charge in [-0.2, -0.15) is 10.1 Å². The fourth-order valence-electron chi connectivity index (χ4n) is 3.78. The van der Waals surface area contributed by atoms with E-state index < -0.39 is 0 Å². The lowest BCUT2D eigenvalue weighted by Gasteiger charge is -2.15. The Hall–Kier alpha value is -2.70. The number of carbonyl (C=O) groups excluding carboxylic acids is 1. The van der Waals surface area contributed by atoms with Gasteiger partial charge in [-0.05, 0) is 25.3 Å². The molecule has 134 valence electrons. The summed E-state index contributed by atoms with van der Waals surface area (Å²) >= 11 is 0. The molecule has 7 heteroatoms. The lowest BCUT2D eigenvalue weighted by Crippen LogP contribution is -2.30. The van der Waals surface area contributed by atoms with Crippen LogP contribution in [0, 0.1) is 0 Å². The van der Waals surface area contributed by atoms with Gasteiger partial charge in [0.1, 0.15) is 0 Å². The van der Waals surface area contributed by atoms with E-state index in [1.54, 1.807) is 0 Å². The molecule has 2 fully saturated rings. The van der Waals surface area contributed by atoms with Gasteiger partial charge in [-0.25, -0.2) is 0 Å². The van der Waals surface area contributed by atoms with Crippen LogP contribution in [0.15, 0.2) is 28.8 Å². The van der Waals surface area contributed by atoms with Crippen molar-refractivity contribution >= 4 is 16.8 Å². The summed E-state index contributed by atoms with van der Waals surface area (Å²) in [7, 11) is 1.91. The Kier molecular flexibility index (Phi) is 3.55. The minimum absolute atomic E-state index is 0.110. The molecule has 0 radical (unpaired) electrons. The van der Waals surface area contributed by atoms with Gasteiger partial charge >= 0.3 is 0 Å². The van der Waals surface area contributed by atoms with Crippen LogP contribution in [-0.2, 0) is 18.3 Å². The van der Waals surface area contributed by atoms with E-state index in [0.29, 0.717) is 24.8 Å². The van der Waals surface area contributed by atoms with Gasteiger partial charge in [0.2, 0.25) is 11.8 Å². The molecule has 1 amide bonds. The quantitative estimate of drug-likeness (QED) is 0.721. The number of aryl methyl sites for hydroxylation is 1. The van der Waals surface area contributed by atoms with Crippen LogP contribution in [0.3, 0.4) is 0 Å². The highest BCUT2D eigenvalue weighted by Gasteiger charge is 2.34. The number of fused-ring (bicyclic) bond motifs is 1. The van der Waals surface area contributed by atoms with Gasteiger partial charge < -0.3 is 9.42 Å². The second kappa shape index (κ2) is 5.93. The Labute approximate surface area is 151 Å². The first-order chi connectivity index (χ1) is 12.7. The van der Waals surface area contributed by atoms with Gasteiger partial charge in [-0.1, -0.05) is 23.4 Å². The number of amides is 1. The molecule has 7 nitrogen and oxygen atoms in total. The summed E-state index contributed by atoms with van der Waals surface area (Å²) in [5, 5.41) is 9.68. The third kappa shape index (κ3) is 2.67. The maximum atomic E-state index is 12.8. The predicted octanol–water partition coefficient (Wildman–Crippen LogP) is 2.39. The molecule has 1 saturated heterocycles. The summed E-state index contributed by atoms with van der Waals surface area (Å²) in [5.41, 5.74) is 1.89. The van der Waals surface area contributed by atoms with Crippen molar-refractivity contribution in [2.75, 3.05) is 13.1 Å². The van der Waals surface area contributed by atoms with Crippen molar-refractivity contribution in [1.82, 2.24) is 24.8 Å². The van der Waals surface area contributed by atoms with E-state index in [4.69, 9.17) is 4.52 Å². The molecule has 0 bridgehead atoms. The molecule has 1 aliphatic heterocycles. The van der Waals surface area contributed by atoms with Gasteiger partial charge in [0.25, 0.3) is 0 Å². The van der Waals surface area contributed by atoms with Crippen LogP contribution in [-0.4, -0.2) is 43.8 Å². The fourth-order valence-corrected chi connectivity index (χ4v) is 3.78. The van der Waals surface area contributed by atoms with Crippen LogP contribution < -0.4 is 0 Å². The minimum atomic E-state index is 0.110. The standard InChI is InChI=1S/C19H21N5O2/c1-23-16-5-3-2-4-14(16)15(21-23)10-17(25)24-9-8-13(11-24)19-20-18(22-26-19)12-6-7-12/h2-5,12-13H,6-11H2,1H3. The maximum absolute atomic E-state index is 12.8. The van der Waals surface area contributed by atoms with E-state index >= 15 is 0 Å². The zero-order chi connectivity index (χ0) is 17.7.